The maximum Gasteiger partial charge on any atom is 0.332 e. The summed E-state index contributed by atoms with van der Waals surface area (Å²) in [6.07, 6.45) is 0.502. The Kier molecular flexibility index (Phi) is 4.53. The molecule has 1 atom stereocenters. The van der Waals surface area contributed by atoms with Crippen LogP contribution in [-0.2, 0) is 4.79 Å². The number of aliphatic hydroxyl groups is 1. The van der Waals surface area contributed by atoms with E-state index in [0.29, 0.717) is 0 Å². The van der Waals surface area contributed by atoms with Gasteiger partial charge in [0, 0.05) is 19.2 Å². The highest BCUT2D eigenvalue weighted by molar-refractivity contribution is 5.93. The SMILES string of the molecule is O=C(NCC[C@H](O)C(=O)O)c1cncc(F)c1. The molecule has 1 rings (SSSR count). The number of pyridine rings is 1. The Balaban J connectivity index is 2.43. The number of amides is 1. The molecule has 0 spiro atoms. The lowest BCUT2D eigenvalue weighted by atomic mass is 10.2. The largest absolute Gasteiger partial charge is 0.479 e. The average Bonchev–Trinajstić information content (AvgIpc) is 2.28. The fourth-order valence-corrected chi connectivity index (χ4v) is 1.08. The zero-order chi connectivity index (χ0) is 12.8. The second-order valence-corrected chi connectivity index (χ2v) is 3.29. The van der Waals surface area contributed by atoms with E-state index in [0.717, 1.165) is 12.3 Å². The minimum atomic E-state index is -1.53. The lowest BCUT2D eigenvalue weighted by Crippen LogP contribution is -2.30. The topological polar surface area (TPSA) is 99.5 Å². The number of aromatic nitrogens is 1. The van der Waals surface area contributed by atoms with Gasteiger partial charge in [-0.3, -0.25) is 9.78 Å². The number of carboxylic acids is 1. The summed E-state index contributed by atoms with van der Waals surface area (Å²) in [4.78, 5) is 25.2. The highest BCUT2D eigenvalue weighted by Gasteiger charge is 2.13. The molecule has 92 valence electrons. The molecule has 0 radical (unpaired) electrons. The number of aliphatic carboxylic acids is 1. The summed E-state index contributed by atoms with van der Waals surface area (Å²) < 4.78 is 12.7. The van der Waals surface area contributed by atoms with Crippen molar-refractivity contribution in [1.29, 1.82) is 0 Å². The normalized spacial score (nSPS) is 11.9. The van der Waals surface area contributed by atoms with Crippen molar-refractivity contribution in [3.8, 4) is 0 Å². The van der Waals surface area contributed by atoms with Crippen LogP contribution in [0, 0.1) is 5.82 Å². The minimum absolute atomic E-state index is 0.0250. The van der Waals surface area contributed by atoms with Gasteiger partial charge >= 0.3 is 5.97 Å². The highest BCUT2D eigenvalue weighted by Crippen LogP contribution is 2.00. The number of nitrogens with zero attached hydrogens (tertiary/aromatic N) is 1. The van der Waals surface area contributed by atoms with Gasteiger partial charge in [0.25, 0.3) is 5.91 Å². The number of carbonyl (C=O) groups is 2. The minimum Gasteiger partial charge on any atom is -0.479 e. The van der Waals surface area contributed by atoms with E-state index in [4.69, 9.17) is 10.2 Å². The first kappa shape index (κ1) is 13.0. The lowest BCUT2D eigenvalue weighted by Gasteiger charge is -2.07. The smallest absolute Gasteiger partial charge is 0.332 e. The van der Waals surface area contributed by atoms with E-state index < -0.39 is 23.8 Å². The molecule has 3 N–H and O–H groups in total. The van der Waals surface area contributed by atoms with E-state index in [-0.39, 0.29) is 18.5 Å². The van der Waals surface area contributed by atoms with Gasteiger partial charge in [0.15, 0.2) is 6.10 Å². The zero-order valence-electron chi connectivity index (χ0n) is 8.76. The van der Waals surface area contributed by atoms with Crippen LogP contribution in [0.4, 0.5) is 4.39 Å². The number of hydrogen-bond donors (Lipinski definition) is 3. The molecule has 1 aromatic heterocycles. The Labute approximate surface area is 96.1 Å². The quantitative estimate of drug-likeness (QED) is 0.663. The molecule has 0 bridgehead atoms. The second-order valence-electron chi connectivity index (χ2n) is 3.29. The molecule has 0 aliphatic rings. The summed E-state index contributed by atoms with van der Waals surface area (Å²) in [7, 11) is 0. The molecule has 0 aliphatic carbocycles. The zero-order valence-corrected chi connectivity index (χ0v) is 8.76. The van der Waals surface area contributed by atoms with Crippen LogP contribution in [0.25, 0.3) is 0 Å². The van der Waals surface area contributed by atoms with Crippen LogP contribution in [0.15, 0.2) is 18.5 Å². The number of aliphatic hydroxyl groups excluding tert-OH is 1. The molecule has 1 heterocycles. The van der Waals surface area contributed by atoms with E-state index in [1.165, 1.54) is 6.20 Å². The molecule has 0 aliphatic heterocycles. The second kappa shape index (κ2) is 5.90. The van der Waals surface area contributed by atoms with Gasteiger partial charge in [0.1, 0.15) is 5.82 Å². The molecule has 0 aromatic carbocycles. The number of hydrogen-bond acceptors (Lipinski definition) is 4. The van der Waals surface area contributed by atoms with E-state index >= 15 is 0 Å². The molecule has 17 heavy (non-hydrogen) atoms. The summed E-state index contributed by atoms with van der Waals surface area (Å²) >= 11 is 0. The predicted molar refractivity (Wildman–Crippen MR) is 54.8 cm³/mol. The summed E-state index contributed by atoms with van der Waals surface area (Å²) in [5.41, 5.74) is 0.0369. The number of carboxylic acid groups (broad SMARTS) is 1. The van der Waals surface area contributed by atoms with E-state index in [1.807, 2.05) is 0 Å². The van der Waals surface area contributed by atoms with Crippen molar-refractivity contribution in [1.82, 2.24) is 10.3 Å². The number of carbonyl (C=O) groups excluding carboxylic acids is 1. The molecule has 6 nitrogen and oxygen atoms in total. The van der Waals surface area contributed by atoms with Gasteiger partial charge in [-0.05, 0) is 6.07 Å². The van der Waals surface area contributed by atoms with Gasteiger partial charge in [-0.25, -0.2) is 9.18 Å². The molecule has 0 unspecified atom stereocenters. The van der Waals surface area contributed by atoms with Gasteiger partial charge in [0.05, 0.1) is 11.8 Å². The maximum atomic E-state index is 12.7. The lowest BCUT2D eigenvalue weighted by molar-refractivity contribution is -0.146. The number of nitrogens with one attached hydrogen (secondary N) is 1. The molecular weight excluding hydrogens is 231 g/mol. The van der Waals surface area contributed by atoms with Gasteiger partial charge in [-0.15, -0.1) is 0 Å². The first-order chi connectivity index (χ1) is 8.00. The van der Waals surface area contributed by atoms with Crippen molar-refractivity contribution in [3.63, 3.8) is 0 Å². The van der Waals surface area contributed by atoms with E-state index in [2.05, 4.69) is 10.3 Å². The van der Waals surface area contributed by atoms with Crippen LogP contribution >= 0.6 is 0 Å². The Hall–Kier alpha value is -2.02. The standard InChI is InChI=1S/C10H11FN2O4/c11-7-3-6(4-12-5-7)9(15)13-2-1-8(14)10(16)17/h3-5,8,14H,1-2H2,(H,13,15)(H,16,17)/t8-/m0/s1. The van der Waals surface area contributed by atoms with Gasteiger partial charge < -0.3 is 15.5 Å². The maximum absolute atomic E-state index is 12.7. The van der Waals surface area contributed by atoms with Crippen LogP contribution in [0.5, 0.6) is 0 Å². The average molecular weight is 242 g/mol. The third-order valence-corrected chi connectivity index (χ3v) is 1.96. The van der Waals surface area contributed by atoms with Crippen molar-refractivity contribution in [3.05, 3.63) is 29.8 Å². The van der Waals surface area contributed by atoms with Gasteiger partial charge in [-0.2, -0.15) is 0 Å². The van der Waals surface area contributed by atoms with Crippen molar-refractivity contribution in [2.24, 2.45) is 0 Å². The fraction of sp³-hybridized carbons (Fsp3) is 0.300. The molecular formula is C10H11FN2O4. The van der Waals surface area contributed by atoms with Crippen LogP contribution in [-0.4, -0.2) is 39.7 Å². The summed E-state index contributed by atoms with van der Waals surface area (Å²) in [5, 5.41) is 19.7. The van der Waals surface area contributed by atoms with Crippen molar-refractivity contribution >= 4 is 11.9 Å². The Bertz CT molecular complexity index is 425. The van der Waals surface area contributed by atoms with E-state index in [1.54, 1.807) is 0 Å². The van der Waals surface area contributed by atoms with Crippen molar-refractivity contribution in [2.45, 2.75) is 12.5 Å². The molecule has 1 amide bonds. The first-order valence-electron chi connectivity index (χ1n) is 4.80. The van der Waals surface area contributed by atoms with Crippen molar-refractivity contribution < 1.29 is 24.2 Å². The fourth-order valence-electron chi connectivity index (χ4n) is 1.08. The van der Waals surface area contributed by atoms with Gasteiger partial charge in [-0.1, -0.05) is 0 Å². The van der Waals surface area contributed by atoms with Crippen molar-refractivity contribution in [2.75, 3.05) is 6.54 Å². The Morgan fingerprint density at radius 1 is 1.47 bits per heavy atom. The molecule has 1 aromatic rings. The van der Waals surface area contributed by atoms with Crippen LogP contribution in [0.1, 0.15) is 16.8 Å². The Morgan fingerprint density at radius 3 is 2.76 bits per heavy atom. The summed E-state index contributed by atoms with van der Waals surface area (Å²) in [6.45, 7) is -0.0250. The predicted octanol–water partition coefficient (Wildman–Crippen LogP) is -0.214. The van der Waals surface area contributed by atoms with Gasteiger partial charge in [0.2, 0.25) is 0 Å². The molecule has 0 fully saturated rings. The van der Waals surface area contributed by atoms with Crippen LogP contribution in [0.3, 0.4) is 0 Å². The van der Waals surface area contributed by atoms with Crippen LogP contribution < -0.4 is 5.32 Å². The number of rotatable bonds is 5. The number of halogens is 1. The first-order valence-corrected chi connectivity index (χ1v) is 4.80. The van der Waals surface area contributed by atoms with Crippen LogP contribution in [0.2, 0.25) is 0 Å². The highest BCUT2D eigenvalue weighted by atomic mass is 19.1. The summed E-state index contributed by atoms with van der Waals surface area (Å²) in [5.74, 6) is -2.57. The molecule has 0 saturated heterocycles. The monoisotopic (exact) mass is 242 g/mol. The summed E-state index contributed by atoms with van der Waals surface area (Å²) in [6, 6.07) is 1.01. The Morgan fingerprint density at radius 2 is 2.18 bits per heavy atom. The third-order valence-electron chi connectivity index (χ3n) is 1.96. The van der Waals surface area contributed by atoms with E-state index in [9.17, 15) is 14.0 Å². The third kappa shape index (κ3) is 4.15. The molecule has 7 heteroatoms. The molecule has 0 saturated carbocycles.